The van der Waals surface area contributed by atoms with Crippen LogP contribution < -0.4 is 0 Å². The van der Waals surface area contributed by atoms with Gasteiger partial charge in [0.15, 0.2) is 0 Å². The maximum Gasteiger partial charge on any atom is 0.337 e. The van der Waals surface area contributed by atoms with Crippen molar-refractivity contribution in [2.75, 3.05) is 0 Å². The lowest BCUT2D eigenvalue weighted by molar-refractivity contribution is -0.145. The number of aliphatic hydroxyl groups excluding tert-OH is 1. The molecule has 1 aliphatic carbocycles. The minimum absolute atomic E-state index is 0.0295. The summed E-state index contributed by atoms with van der Waals surface area (Å²) in [5.74, 6) is -0.375. The summed E-state index contributed by atoms with van der Waals surface area (Å²) in [6, 6.07) is 0. The smallest absolute Gasteiger partial charge is 0.337 e. The molecule has 0 bridgehead atoms. The second-order valence-electron chi connectivity index (χ2n) is 5.60. The first-order valence-electron chi connectivity index (χ1n) is 7.76. The first kappa shape index (κ1) is 16.1. The number of ether oxygens (including phenoxy) is 1. The van der Waals surface area contributed by atoms with Crippen LogP contribution in [0.1, 0.15) is 77.6 Å². The zero-order valence-corrected chi connectivity index (χ0v) is 12.2. The van der Waals surface area contributed by atoms with Gasteiger partial charge in [-0.05, 0) is 32.6 Å². The highest BCUT2D eigenvalue weighted by Crippen LogP contribution is 2.19. The van der Waals surface area contributed by atoms with Crippen LogP contribution in [0.4, 0.5) is 0 Å². The van der Waals surface area contributed by atoms with Gasteiger partial charge in [-0.2, -0.15) is 0 Å². The SMILES string of the molecule is CC(=CO)C(=O)OC1CCCCCCCCCCC1. The van der Waals surface area contributed by atoms with Crippen LogP contribution in [0.5, 0.6) is 0 Å². The van der Waals surface area contributed by atoms with Crippen molar-refractivity contribution in [1.29, 1.82) is 0 Å². The first-order chi connectivity index (χ1) is 9.24. The number of hydrogen-bond donors (Lipinski definition) is 1. The molecule has 1 fully saturated rings. The Kier molecular flexibility index (Phi) is 8.35. The summed E-state index contributed by atoms with van der Waals surface area (Å²) < 4.78 is 5.48. The summed E-state index contributed by atoms with van der Waals surface area (Å²) in [4.78, 5) is 11.7. The Hall–Kier alpha value is -0.990. The monoisotopic (exact) mass is 268 g/mol. The Balaban J connectivity index is 2.40. The average Bonchev–Trinajstić information content (AvgIpc) is 2.40. The number of carbonyl (C=O) groups is 1. The molecule has 0 unspecified atom stereocenters. The topological polar surface area (TPSA) is 46.5 Å². The zero-order valence-electron chi connectivity index (χ0n) is 12.2. The van der Waals surface area contributed by atoms with E-state index in [9.17, 15) is 4.79 Å². The van der Waals surface area contributed by atoms with E-state index in [1.807, 2.05) is 0 Å². The van der Waals surface area contributed by atoms with E-state index in [0.717, 1.165) is 31.9 Å². The lowest BCUT2D eigenvalue weighted by atomic mass is 9.99. The van der Waals surface area contributed by atoms with Crippen molar-refractivity contribution in [2.24, 2.45) is 0 Å². The molecule has 0 aromatic heterocycles. The molecule has 3 nitrogen and oxygen atoms in total. The van der Waals surface area contributed by atoms with Crippen molar-refractivity contribution in [2.45, 2.75) is 83.7 Å². The lowest BCUT2D eigenvalue weighted by Crippen LogP contribution is -2.19. The predicted octanol–water partition coefficient (Wildman–Crippen LogP) is 4.66. The van der Waals surface area contributed by atoms with E-state index in [1.165, 1.54) is 44.9 Å². The van der Waals surface area contributed by atoms with Crippen LogP contribution in [0.3, 0.4) is 0 Å². The Bertz CT molecular complexity index is 272. The van der Waals surface area contributed by atoms with Crippen molar-refractivity contribution in [1.82, 2.24) is 0 Å². The highest BCUT2D eigenvalue weighted by Gasteiger charge is 2.15. The zero-order chi connectivity index (χ0) is 13.9. The highest BCUT2D eigenvalue weighted by molar-refractivity contribution is 5.87. The van der Waals surface area contributed by atoms with Gasteiger partial charge < -0.3 is 9.84 Å². The third-order valence-electron chi connectivity index (χ3n) is 3.84. The van der Waals surface area contributed by atoms with Crippen LogP contribution in [0.15, 0.2) is 11.8 Å². The first-order valence-corrected chi connectivity index (χ1v) is 7.76. The average molecular weight is 268 g/mol. The van der Waals surface area contributed by atoms with Crippen LogP contribution >= 0.6 is 0 Å². The molecule has 0 spiro atoms. The molecule has 0 aromatic carbocycles. The fourth-order valence-electron chi connectivity index (χ4n) is 2.54. The lowest BCUT2D eigenvalue weighted by Gasteiger charge is -2.18. The summed E-state index contributed by atoms with van der Waals surface area (Å²) in [6.07, 6.45) is 14.2. The molecule has 0 heterocycles. The largest absolute Gasteiger partial charge is 0.515 e. The van der Waals surface area contributed by atoms with Crippen LogP contribution in [0, 0.1) is 0 Å². The third kappa shape index (κ3) is 7.24. The molecular formula is C16H28O3. The second kappa shape index (κ2) is 9.88. The maximum absolute atomic E-state index is 11.7. The van der Waals surface area contributed by atoms with Gasteiger partial charge in [0.2, 0.25) is 0 Å². The van der Waals surface area contributed by atoms with Crippen molar-refractivity contribution < 1.29 is 14.6 Å². The molecule has 1 aliphatic rings. The molecule has 0 amide bonds. The van der Waals surface area contributed by atoms with Crippen molar-refractivity contribution >= 4 is 5.97 Å². The molecule has 0 saturated heterocycles. The van der Waals surface area contributed by atoms with Gasteiger partial charge >= 0.3 is 5.97 Å². The highest BCUT2D eigenvalue weighted by atomic mass is 16.5. The van der Waals surface area contributed by atoms with Gasteiger partial charge in [0.1, 0.15) is 6.10 Å². The van der Waals surface area contributed by atoms with Crippen LogP contribution in [0.25, 0.3) is 0 Å². The molecule has 0 aliphatic heterocycles. The summed E-state index contributed by atoms with van der Waals surface area (Å²) in [5, 5.41) is 8.82. The number of carbonyl (C=O) groups excluding carboxylic acids is 1. The van der Waals surface area contributed by atoms with Crippen molar-refractivity contribution in [3.05, 3.63) is 11.8 Å². The molecule has 0 atom stereocenters. The van der Waals surface area contributed by atoms with Gasteiger partial charge in [0, 0.05) is 0 Å². The summed E-state index contributed by atoms with van der Waals surface area (Å²) in [5.41, 5.74) is 0.283. The van der Waals surface area contributed by atoms with Crippen molar-refractivity contribution in [3.63, 3.8) is 0 Å². The molecule has 3 heteroatoms. The fraction of sp³-hybridized carbons (Fsp3) is 0.812. The number of esters is 1. The predicted molar refractivity (Wildman–Crippen MR) is 77.1 cm³/mol. The summed E-state index contributed by atoms with van der Waals surface area (Å²) in [6.45, 7) is 1.58. The minimum Gasteiger partial charge on any atom is -0.515 e. The quantitative estimate of drug-likeness (QED) is 0.450. The van der Waals surface area contributed by atoms with E-state index in [0.29, 0.717) is 0 Å². The molecule has 1 N–H and O–H groups in total. The molecule has 0 radical (unpaired) electrons. The third-order valence-corrected chi connectivity index (χ3v) is 3.84. The molecule has 19 heavy (non-hydrogen) atoms. The van der Waals surface area contributed by atoms with Crippen molar-refractivity contribution in [3.8, 4) is 0 Å². The van der Waals surface area contributed by atoms with E-state index < -0.39 is 0 Å². The van der Waals surface area contributed by atoms with E-state index in [-0.39, 0.29) is 17.6 Å². The number of aliphatic hydroxyl groups is 1. The van der Waals surface area contributed by atoms with Gasteiger partial charge in [0.25, 0.3) is 0 Å². The maximum atomic E-state index is 11.7. The molecule has 110 valence electrons. The molecular weight excluding hydrogens is 240 g/mol. The Morgan fingerprint density at radius 2 is 1.37 bits per heavy atom. The normalized spacial score (nSPS) is 21.2. The van der Waals surface area contributed by atoms with Gasteiger partial charge in [0.05, 0.1) is 11.8 Å². The summed E-state index contributed by atoms with van der Waals surface area (Å²) >= 11 is 0. The molecule has 1 saturated carbocycles. The van der Waals surface area contributed by atoms with Gasteiger partial charge in [-0.1, -0.05) is 44.9 Å². The number of hydrogen-bond acceptors (Lipinski definition) is 3. The van der Waals surface area contributed by atoms with E-state index in [1.54, 1.807) is 6.92 Å². The Morgan fingerprint density at radius 1 is 0.947 bits per heavy atom. The van der Waals surface area contributed by atoms with Gasteiger partial charge in [-0.15, -0.1) is 0 Å². The molecule has 1 rings (SSSR count). The van der Waals surface area contributed by atoms with E-state index >= 15 is 0 Å². The van der Waals surface area contributed by atoms with E-state index in [2.05, 4.69) is 0 Å². The molecule has 0 aromatic rings. The van der Waals surface area contributed by atoms with Crippen LogP contribution in [-0.2, 0) is 9.53 Å². The summed E-state index contributed by atoms with van der Waals surface area (Å²) in [7, 11) is 0. The standard InChI is InChI=1S/C16H28O3/c1-14(13-17)16(18)19-15-11-9-7-5-3-2-4-6-8-10-12-15/h13,15,17H,2-12H2,1H3. The van der Waals surface area contributed by atoms with Gasteiger partial charge in [-0.25, -0.2) is 4.79 Å². The van der Waals surface area contributed by atoms with Gasteiger partial charge in [-0.3, -0.25) is 0 Å². The fourth-order valence-corrected chi connectivity index (χ4v) is 2.54. The van der Waals surface area contributed by atoms with E-state index in [4.69, 9.17) is 9.84 Å². The second-order valence-corrected chi connectivity index (χ2v) is 5.60. The van der Waals surface area contributed by atoms with Crippen LogP contribution in [-0.4, -0.2) is 17.2 Å². The van der Waals surface area contributed by atoms with Crippen LogP contribution in [0.2, 0.25) is 0 Å². The minimum atomic E-state index is -0.375. The number of rotatable bonds is 2. The Labute approximate surface area is 117 Å². The Morgan fingerprint density at radius 3 is 1.79 bits per heavy atom.